The van der Waals surface area contributed by atoms with Gasteiger partial charge < -0.3 is 15.2 Å². The third-order valence-corrected chi connectivity index (χ3v) is 2.66. The number of aromatic nitrogens is 2. The highest BCUT2D eigenvalue weighted by Crippen LogP contribution is 2.13. The highest BCUT2D eigenvalue weighted by Gasteiger charge is 2.13. The van der Waals surface area contributed by atoms with Crippen LogP contribution in [0.2, 0.25) is 0 Å². The van der Waals surface area contributed by atoms with Crippen LogP contribution in [-0.2, 0) is 4.74 Å². The van der Waals surface area contributed by atoms with E-state index >= 15 is 0 Å². The van der Waals surface area contributed by atoms with Crippen LogP contribution in [0.3, 0.4) is 0 Å². The van der Waals surface area contributed by atoms with Crippen LogP contribution in [0.15, 0.2) is 12.4 Å². The number of carbonyl (C=O) groups is 1. The van der Waals surface area contributed by atoms with Crippen LogP contribution in [0.5, 0.6) is 0 Å². The summed E-state index contributed by atoms with van der Waals surface area (Å²) < 4.78 is 5.56. The van der Waals surface area contributed by atoms with Crippen molar-refractivity contribution in [2.45, 2.75) is 25.4 Å². The molecule has 0 aliphatic carbocycles. The third kappa shape index (κ3) is 3.39. The zero-order chi connectivity index (χ0) is 12.1. The molecule has 1 aliphatic heterocycles. The maximum atomic E-state index is 10.6. The highest BCUT2D eigenvalue weighted by molar-refractivity contribution is 5.84. The Hall–Kier alpha value is -1.69. The van der Waals surface area contributed by atoms with E-state index in [0.29, 0.717) is 12.4 Å². The van der Waals surface area contributed by atoms with Crippen LogP contribution < -0.4 is 5.32 Å². The Morgan fingerprint density at radius 3 is 2.94 bits per heavy atom. The zero-order valence-corrected chi connectivity index (χ0v) is 9.43. The molecular weight excluding hydrogens is 222 g/mol. The fraction of sp³-hybridized carbons (Fsp3) is 0.545. The predicted molar refractivity (Wildman–Crippen MR) is 61.1 cm³/mol. The summed E-state index contributed by atoms with van der Waals surface area (Å²) in [6, 6.07) is 0. The Morgan fingerprint density at radius 1 is 1.47 bits per heavy atom. The van der Waals surface area contributed by atoms with E-state index in [-0.39, 0.29) is 11.8 Å². The van der Waals surface area contributed by atoms with Gasteiger partial charge in [-0.2, -0.15) is 0 Å². The fourth-order valence-corrected chi connectivity index (χ4v) is 1.72. The molecule has 92 valence electrons. The van der Waals surface area contributed by atoms with E-state index in [1.54, 1.807) is 0 Å². The molecule has 0 spiro atoms. The van der Waals surface area contributed by atoms with Crippen LogP contribution in [0.4, 0.5) is 5.82 Å². The Labute approximate surface area is 99.0 Å². The first-order valence-corrected chi connectivity index (χ1v) is 5.66. The number of aromatic carboxylic acids is 1. The van der Waals surface area contributed by atoms with Crippen LogP contribution in [0.1, 0.15) is 29.8 Å². The molecule has 6 nitrogen and oxygen atoms in total. The second-order valence-corrected chi connectivity index (χ2v) is 3.96. The number of anilines is 1. The molecule has 1 aromatic rings. The van der Waals surface area contributed by atoms with Crippen LogP contribution in [0, 0.1) is 0 Å². The van der Waals surface area contributed by atoms with Crippen molar-refractivity contribution in [2.24, 2.45) is 0 Å². The van der Waals surface area contributed by atoms with Crippen molar-refractivity contribution in [3.63, 3.8) is 0 Å². The second-order valence-electron chi connectivity index (χ2n) is 3.96. The molecule has 1 fully saturated rings. The van der Waals surface area contributed by atoms with Gasteiger partial charge in [0.15, 0.2) is 5.69 Å². The van der Waals surface area contributed by atoms with E-state index in [0.717, 1.165) is 19.4 Å². The van der Waals surface area contributed by atoms with Gasteiger partial charge in [-0.25, -0.2) is 14.8 Å². The van der Waals surface area contributed by atoms with Gasteiger partial charge in [0.1, 0.15) is 5.82 Å². The van der Waals surface area contributed by atoms with Gasteiger partial charge in [-0.3, -0.25) is 0 Å². The minimum absolute atomic E-state index is 0.0514. The number of ether oxygens (including phenoxy) is 1. The SMILES string of the molecule is O=C(O)c1cnc(NCC2CCCCO2)cn1. The van der Waals surface area contributed by atoms with E-state index in [1.807, 2.05) is 0 Å². The van der Waals surface area contributed by atoms with Gasteiger partial charge >= 0.3 is 5.97 Å². The molecule has 0 bridgehead atoms. The number of hydrogen-bond acceptors (Lipinski definition) is 5. The molecule has 0 radical (unpaired) electrons. The molecule has 2 N–H and O–H groups in total. The van der Waals surface area contributed by atoms with Crippen molar-refractivity contribution >= 4 is 11.8 Å². The predicted octanol–water partition coefficient (Wildman–Crippen LogP) is 1.16. The van der Waals surface area contributed by atoms with E-state index in [4.69, 9.17) is 9.84 Å². The molecule has 1 aliphatic rings. The summed E-state index contributed by atoms with van der Waals surface area (Å²) in [5.74, 6) is -0.496. The molecule has 1 aromatic heterocycles. The lowest BCUT2D eigenvalue weighted by atomic mass is 10.1. The first-order chi connectivity index (χ1) is 8.25. The third-order valence-electron chi connectivity index (χ3n) is 2.66. The average molecular weight is 237 g/mol. The summed E-state index contributed by atoms with van der Waals surface area (Å²) in [4.78, 5) is 18.3. The van der Waals surface area contributed by atoms with E-state index in [1.165, 1.54) is 18.8 Å². The molecule has 0 aromatic carbocycles. The minimum atomic E-state index is -1.07. The molecular formula is C11H15N3O3. The Kier molecular flexibility index (Phi) is 3.87. The quantitative estimate of drug-likeness (QED) is 0.817. The lowest BCUT2D eigenvalue weighted by Crippen LogP contribution is -2.27. The summed E-state index contributed by atoms with van der Waals surface area (Å²) in [6.07, 6.45) is 6.25. The van der Waals surface area contributed by atoms with Gasteiger partial charge in [-0.05, 0) is 19.3 Å². The topological polar surface area (TPSA) is 84.3 Å². The minimum Gasteiger partial charge on any atom is -0.476 e. The molecule has 1 atom stereocenters. The standard InChI is InChI=1S/C11H15N3O3/c15-11(16)9-6-14-10(7-12-9)13-5-8-3-1-2-4-17-8/h6-8H,1-5H2,(H,13,14)(H,15,16). The molecule has 0 amide bonds. The fourth-order valence-electron chi connectivity index (χ4n) is 1.72. The largest absolute Gasteiger partial charge is 0.476 e. The number of hydrogen-bond donors (Lipinski definition) is 2. The Morgan fingerprint density at radius 2 is 2.35 bits per heavy atom. The highest BCUT2D eigenvalue weighted by atomic mass is 16.5. The molecule has 2 rings (SSSR count). The normalized spacial score (nSPS) is 19.9. The van der Waals surface area contributed by atoms with Crippen LogP contribution in [-0.4, -0.2) is 40.3 Å². The van der Waals surface area contributed by atoms with Gasteiger partial charge in [-0.15, -0.1) is 0 Å². The molecule has 1 saturated heterocycles. The maximum Gasteiger partial charge on any atom is 0.356 e. The number of rotatable bonds is 4. The maximum absolute atomic E-state index is 10.6. The van der Waals surface area contributed by atoms with Crippen molar-refractivity contribution < 1.29 is 14.6 Å². The molecule has 6 heteroatoms. The van der Waals surface area contributed by atoms with E-state index < -0.39 is 5.97 Å². The van der Waals surface area contributed by atoms with Crippen LogP contribution in [0.25, 0.3) is 0 Å². The number of nitrogens with one attached hydrogen (secondary N) is 1. The van der Waals surface area contributed by atoms with E-state index in [2.05, 4.69) is 15.3 Å². The Bertz CT molecular complexity index is 374. The van der Waals surface area contributed by atoms with Crippen molar-refractivity contribution in [2.75, 3.05) is 18.5 Å². The smallest absolute Gasteiger partial charge is 0.356 e. The molecule has 1 unspecified atom stereocenters. The Balaban J connectivity index is 1.84. The summed E-state index contributed by atoms with van der Waals surface area (Å²) >= 11 is 0. The van der Waals surface area contributed by atoms with Gasteiger partial charge in [-0.1, -0.05) is 0 Å². The number of carboxylic acid groups (broad SMARTS) is 1. The van der Waals surface area contributed by atoms with Crippen LogP contribution >= 0.6 is 0 Å². The van der Waals surface area contributed by atoms with Crippen molar-refractivity contribution in [1.29, 1.82) is 0 Å². The molecule has 2 heterocycles. The zero-order valence-electron chi connectivity index (χ0n) is 9.43. The van der Waals surface area contributed by atoms with Crippen molar-refractivity contribution in [3.8, 4) is 0 Å². The summed E-state index contributed by atoms with van der Waals surface area (Å²) in [5.41, 5.74) is -0.0514. The van der Waals surface area contributed by atoms with Crippen molar-refractivity contribution in [1.82, 2.24) is 9.97 Å². The van der Waals surface area contributed by atoms with Gasteiger partial charge in [0.25, 0.3) is 0 Å². The second kappa shape index (κ2) is 5.58. The van der Waals surface area contributed by atoms with Gasteiger partial charge in [0, 0.05) is 13.2 Å². The first-order valence-electron chi connectivity index (χ1n) is 5.66. The monoisotopic (exact) mass is 237 g/mol. The van der Waals surface area contributed by atoms with E-state index in [9.17, 15) is 4.79 Å². The van der Waals surface area contributed by atoms with Gasteiger partial charge in [0.05, 0.1) is 18.5 Å². The first kappa shape index (κ1) is 11.8. The average Bonchev–Trinajstić information content (AvgIpc) is 2.38. The number of carboxylic acids is 1. The summed E-state index contributed by atoms with van der Waals surface area (Å²) in [6.45, 7) is 1.50. The lowest BCUT2D eigenvalue weighted by molar-refractivity contribution is 0.0247. The molecule has 17 heavy (non-hydrogen) atoms. The van der Waals surface area contributed by atoms with Crippen molar-refractivity contribution in [3.05, 3.63) is 18.1 Å². The summed E-state index contributed by atoms with van der Waals surface area (Å²) in [7, 11) is 0. The summed E-state index contributed by atoms with van der Waals surface area (Å²) in [5, 5.41) is 11.8. The number of nitrogens with zero attached hydrogens (tertiary/aromatic N) is 2. The lowest BCUT2D eigenvalue weighted by Gasteiger charge is -2.22. The molecule has 0 saturated carbocycles. The van der Waals surface area contributed by atoms with Gasteiger partial charge in [0.2, 0.25) is 0 Å².